The lowest BCUT2D eigenvalue weighted by atomic mass is 9.88. The predicted octanol–water partition coefficient (Wildman–Crippen LogP) is 2.17. The van der Waals surface area contributed by atoms with E-state index in [4.69, 9.17) is 10.5 Å². The molecule has 3 heteroatoms. The number of aryl methyl sites for hydroxylation is 2. The van der Waals surface area contributed by atoms with Crippen LogP contribution in [0.1, 0.15) is 35.6 Å². The van der Waals surface area contributed by atoms with Crippen LogP contribution in [0.4, 0.5) is 5.82 Å². The maximum absolute atomic E-state index is 5.72. The number of nitrogens with zero attached hydrogens (tertiary/aromatic N) is 1. The van der Waals surface area contributed by atoms with Crippen molar-refractivity contribution in [2.24, 2.45) is 0 Å². The third-order valence-electron chi connectivity index (χ3n) is 3.11. The number of ether oxygens (including phenoxy) is 1. The molecule has 0 atom stereocenters. The Bertz CT molecular complexity index is 334. The average molecular weight is 206 g/mol. The molecule has 1 aliphatic heterocycles. The first kappa shape index (κ1) is 10.4. The minimum absolute atomic E-state index is 0.604. The van der Waals surface area contributed by atoms with Gasteiger partial charge in [-0.05, 0) is 49.8 Å². The molecule has 1 fully saturated rings. The van der Waals surface area contributed by atoms with Crippen LogP contribution >= 0.6 is 0 Å². The molecule has 1 saturated heterocycles. The molecular formula is C12H18N2O. The van der Waals surface area contributed by atoms with Crippen molar-refractivity contribution in [2.45, 2.75) is 32.6 Å². The number of anilines is 1. The van der Waals surface area contributed by atoms with Gasteiger partial charge in [-0.15, -0.1) is 0 Å². The molecule has 2 N–H and O–H groups in total. The zero-order valence-corrected chi connectivity index (χ0v) is 9.42. The Balaban J connectivity index is 2.33. The van der Waals surface area contributed by atoms with Crippen LogP contribution in [0.15, 0.2) is 6.07 Å². The Morgan fingerprint density at radius 3 is 2.60 bits per heavy atom. The number of nitrogens with two attached hydrogens (primary N) is 1. The number of hydrogen-bond acceptors (Lipinski definition) is 3. The van der Waals surface area contributed by atoms with Gasteiger partial charge in [0.25, 0.3) is 0 Å². The van der Waals surface area contributed by atoms with Crippen LogP contribution in [0.2, 0.25) is 0 Å². The lowest BCUT2D eigenvalue weighted by Gasteiger charge is -2.25. The molecule has 82 valence electrons. The minimum Gasteiger partial charge on any atom is -0.384 e. The standard InChI is InChI=1S/C12H18N2O/c1-8-7-11(13)14-9(2)12(8)10-3-5-15-6-4-10/h7,10H,3-6H2,1-2H3,(H2,13,14). The second kappa shape index (κ2) is 4.19. The van der Waals surface area contributed by atoms with E-state index in [0.717, 1.165) is 31.7 Å². The number of nitrogen functional groups attached to an aromatic ring is 1. The molecule has 2 rings (SSSR count). The van der Waals surface area contributed by atoms with Gasteiger partial charge >= 0.3 is 0 Å². The van der Waals surface area contributed by atoms with Gasteiger partial charge in [0.2, 0.25) is 0 Å². The van der Waals surface area contributed by atoms with Crippen molar-refractivity contribution >= 4 is 5.82 Å². The van der Waals surface area contributed by atoms with E-state index in [9.17, 15) is 0 Å². The van der Waals surface area contributed by atoms with Gasteiger partial charge in [0.1, 0.15) is 5.82 Å². The van der Waals surface area contributed by atoms with Crippen LogP contribution in [-0.2, 0) is 4.74 Å². The van der Waals surface area contributed by atoms with Gasteiger partial charge in [-0.3, -0.25) is 0 Å². The summed E-state index contributed by atoms with van der Waals surface area (Å²) in [6.07, 6.45) is 2.21. The molecule has 0 spiro atoms. The maximum Gasteiger partial charge on any atom is 0.123 e. The highest BCUT2D eigenvalue weighted by molar-refractivity contribution is 5.42. The lowest BCUT2D eigenvalue weighted by molar-refractivity contribution is 0.0850. The molecule has 1 aromatic rings. The van der Waals surface area contributed by atoms with Crippen molar-refractivity contribution in [3.8, 4) is 0 Å². The molecule has 0 bridgehead atoms. The quantitative estimate of drug-likeness (QED) is 0.766. The summed E-state index contributed by atoms with van der Waals surface area (Å²) in [6.45, 7) is 5.91. The molecule has 1 aliphatic rings. The number of hydrogen-bond donors (Lipinski definition) is 1. The molecule has 0 aliphatic carbocycles. The fraction of sp³-hybridized carbons (Fsp3) is 0.583. The van der Waals surface area contributed by atoms with Crippen molar-refractivity contribution in [3.63, 3.8) is 0 Å². The second-order valence-electron chi connectivity index (χ2n) is 4.25. The summed E-state index contributed by atoms with van der Waals surface area (Å²) >= 11 is 0. The highest BCUT2D eigenvalue weighted by atomic mass is 16.5. The van der Waals surface area contributed by atoms with Gasteiger partial charge in [-0.2, -0.15) is 0 Å². The van der Waals surface area contributed by atoms with Gasteiger partial charge in [-0.1, -0.05) is 0 Å². The molecule has 15 heavy (non-hydrogen) atoms. The number of rotatable bonds is 1. The summed E-state index contributed by atoms with van der Waals surface area (Å²) in [4.78, 5) is 4.35. The maximum atomic E-state index is 5.72. The molecule has 0 aromatic carbocycles. The third kappa shape index (κ3) is 2.12. The normalized spacial score (nSPS) is 18.0. The Hall–Kier alpha value is -1.09. The zero-order chi connectivity index (χ0) is 10.8. The average Bonchev–Trinajstić information content (AvgIpc) is 2.17. The van der Waals surface area contributed by atoms with Gasteiger partial charge < -0.3 is 10.5 Å². The molecule has 0 radical (unpaired) electrons. The Morgan fingerprint density at radius 2 is 2.00 bits per heavy atom. The van der Waals surface area contributed by atoms with Gasteiger partial charge in [0.15, 0.2) is 0 Å². The van der Waals surface area contributed by atoms with Crippen LogP contribution in [0.25, 0.3) is 0 Å². The van der Waals surface area contributed by atoms with Crippen molar-refractivity contribution in [2.75, 3.05) is 18.9 Å². The minimum atomic E-state index is 0.604. The summed E-state index contributed by atoms with van der Waals surface area (Å²) in [5.41, 5.74) is 9.46. The first-order chi connectivity index (χ1) is 7.18. The summed E-state index contributed by atoms with van der Waals surface area (Å²) in [5.74, 6) is 1.23. The fourth-order valence-corrected chi connectivity index (χ4v) is 2.47. The van der Waals surface area contributed by atoms with Crippen molar-refractivity contribution in [1.82, 2.24) is 4.98 Å². The smallest absolute Gasteiger partial charge is 0.123 e. The highest BCUT2D eigenvalue weighted by Crippen LogP contribution is 2.31. The molecule has 0 amide bonds. The van der Waals surface area contributed by atoms with E-state index in [-0.39, 0.29) is 0 Å². The SMILES string of the molecule is Cc1cc(N)nc(C)c1C1CCOCC1. The van der Waals surface area contributed by atoms with Crippen LogP contribution in [0.3, 0.4) is 0 Å². The van der Waals surface area contributed by atoms with Crippen LogP contribution in [-0.4, -0.2) is 18.2 Å². The largest absolute Gasteiger partial charge is 0.384 e. The van der Waals surface area contributed by atoms with Gasteiger partial charge in [0, 0.05) is 18.9 Å². The number of pyridine rings is 1. The van der Waals surface area contributed by atoms with Crippen molar-refractivity contribution < 1.29 is 4.74 Å². The number of aromatic nitrogens is 1. The summed E-state index contributed by atoms with van der Waals surface area (Å²) in [6, 6.07) is 1.97. The second-order valence-corrected chi connectivity index (χ2v) is 4.25. The molecule has 0 saturated carbocycles. The van der Waals surface area contributed by atoms with Crippen LogP contribution < -0.4 is 5.73 Å². The third-order valence-corrected chi connectivity index (χ3v) is 3.11. The van der Waals surface area contributed by atoms with Gasteiger partial charge in [0.05, 0.1) is 0 Å². The van der Waals surface area contributed by atoms with E-state index >= 15 is 0 Å². The monoisotopic (exact) mass is 206 g/mol. The van der Waals surface area contributed by atoms with Crippen LogP contribution in [0.5, 0.6) is 0 Å². The van der Waals surface area contributed by atoms with E-state index in [1.807, 2.05) is 13.0 Å². The highest BCUT2D eigenvalue weighted by Gasteiger charge is 2.20. The fourth-order valence-electron chi connectivity index (χ4n) is 2.47. The molecule has 0 unspecified atom stereocenters. The van der Waals surface area contributed by atoms with E-state index in [2.05, 4.69) is 11.9 Å². The van der Waals surface area contributed by atoms with E-state index in [1.54, 1.807) is 0 Å². The molecular weight excluding hydrogens is 188 g/mol. The Labute approximate surface area is 90.7 Å². The van der Waals surface area contributed by atoms with E-state index < -0.39 is 0 Å². The van der Waals surface area contributed by atoms with Crippen molar-refractivity contribution in [3.05, 3.63) is 22.9 Å². The first-order valence-corrected chi connectivity index (χ1v) is 5.50. The predicted molar refractivity (Wildman–Crippen MR) is 60.9 cm³/mol. The van der Waals surface area contributed by atoms with E-state index in [0.29, 0.717) is 11.7 Å². The zero-order valence-electron chi connectivity index (χ0n) is 9.42. The summed E-state index contributed by atoms with van der Waals surface area (Å²) in [5, 5.41) is 0. The summed E-state index contributed by atoms with van der Waals surface area (Å²) < 4.78 is 5.38. The van der Waals surface area contributed by atoms with Crippen LogP contribution in [0, 0.1) is 13.8 Å². The van der Waals surface area contributed by atoms with Crippen molar-refractivity contribution in [1.29, 1.82) is 0 Å². The van der Waals surface area contributed by atoms with E-state index in [1.165, 1.54) is 11.1 Å². The Morgan fingerprint density at radius 1 is 1.33 bits per heavy atom. The molecule has 2 heterocycles. The molecule has 3 nitrogen and oxygen atoms in total. The topological polar surface area (TPSA) is 48.1 Å². The summed E-state index contributed by atoms with van der Waals surface area (Å²) in [7, 11) is 0. The lowest BCUT2D eigenvalue weighted by Crippen LogP contribution is -2.16. The van der Waals surface area contributed by atoms with Gasteiger partial charge in [-0.25, -0.2) is 4.98 Å². The Kier molecular flexibility index (Phi) is 2.91. The first-order valence-electron chi connectivity index (χ1n) is 5.50. The molecule has 1 aromatic heterocycles.